The number of nitrogens with one attached hydrogen (secondary N) is 1. The second-order valence-electron chi connectivity index (χ2n) is 3.25. The summed E-state index contributed by atoms with van der Waals surface area (Å²) in [5.74, 6) is -2.22. The van der Waals surface area contributed by atoms with Crippen LogP contribution in [-0.2, 0) is 16.6 Å². The van der Waals surface area contributed by atoms with E-state index in [4.69, 9.17) is 10.8 Å². The lowest BCUT2D eigenvalue weighted by Gasteiger charge is -2.17. The minimum absolute atomic E-state index is 0.109. The van der Waals surface area contributed by atoms with Crippen molar-refractivity contribution in [2.75, 3.05) is 18.4 Å². The van der Waals surface area contributed by atoms with Crippen molar-refractivity contribution in [2.24, 2.45) is 12.8 Å². The number of nitrogens with zero attached hydrogens (tertiary/aromatic N) is 5. The highest BCUT2D eigenvalue weighted by molar-refractivity contribution is 5.92. The molecule has 98 valence electrons. The summed E-state index contributed by atoms with van der Waals surface area (Å²) in [5, 5.41) is 21.4. The minimum atomic E-state index is -1.28. The quantitative estimate of drug-likeness (QED) is 0.531. The molecule has 0 fully saturated rings. The van der Waals surface area contributed by atoms with Gasteiger partial charge in [0.2, 0.25) is 5.91 Å². The summed E-state index contributed by atoms with van der Waals surface area (Å²) in [6.45, 7) is -1.20. The molecule has 0 spiro atoms. The molecule has 0 saturated heterocycles. The zero-order valence-corrected chi connectivity index (χ0v) is 9.40. The zero-order valence-electron chi connectivity index (χ0n) is 9.40. The van der Waals surface area contributed by atoms with Gasteiger partial charge >= 0.3 is 12.0 Å². The first-order chi connectivity index (χ1) is 8.38. The lowest BCUT2D eigenvalue weighted by Crippen LogP contribution is -2.43. The third-order valence-corrected chi connectivity index (χ3v) is 1.69. The number of aliphatic carboxylic acids is 1. The summed E-state index contributed by atoms with van der Waals surface area (Å²) in [7, 11) is 1.49. The van der Waals surface area contributed by atoms with Crippen LogP contribution in [-0.4, -0.2) is 61.2 Å². The van der Waals surface area contributed by atoms with Crippen LogP contribution in [0.4, 0.5) is 10.7 Å². The predicted octanol–water partition coefficient (Wildman–Crippen LogP) is -2.39. The van der Waals surface area contributed by atoms with Crippen molar-refractivity contribution >= 4 is 23.9 Å². The average molecular weight is 257 g/mol. The Balaban J connectivity index is 2.69. The van der Waals surface area contributed by atoms with Crippen LogP contribution in [0.25, 0.3) is 0 Å². The fraction of sp³-hybridized carbons (Fsp3) is 0.429. The number of aryl methyl sites for hydroxylation is 1. The van der Waals surface area contributed by atoms with Gasteiger partial charge < -0.3 is 15.7 Å². The van der Waals surface area contributed by atoms with Crippen molar-refractivity contribution < 1.29 is 19.5 Å². The van der Waals surface area contributed by atoms with Gasteiger partial charge in [-0.05, 0) is 5.21 Å². The third kappa shape index (κ3) is 4.03. The molecule has 18 heavy (non-hydrogen) atoms. The van der Waals surface area contributed by atoms with Gasteiger partial charge in [0.1, 0.15) is 13.1 Å². The second-order valence-corrected chi connectivity index (χ2v) is 3.25. The number of amides is 3. The molecule has 3 amide bonds. The molecule has 0 aromatic carbocycles. The maximum absolute atomic E-state index is 11.6. The third-order valence-electron chi connectivity index (χ3n) is 1.69. The Hall–Kier alpha value is -2.72. The number of hydrogen-bond acceptors (Lipinski definition) is 6. The summed E-state index contributed by atoms with van der Waals surface area (Å²) in [4.78, 5) is 34.7. The van der Waals surface area contributed by atoms with E-state index in [1.54, 1.807) is 0 Å². The summed E-state index contributed by atoms with van der Waals surface area (Å²) in [6.07, 6.45) is 0. The van der Waals surface area contributed by atoms with Crippen LogP contribution >= 0.6 is 0 Å². The van der Waals surface area contributed by atoms with Crippen LogP contribution in [0.15, 0.2) is 0 Å². The molecule has 1 aromatic rings. The molecule has 0 aliphatic carbocycles. The maximum atomic E-state index is 11.6. The Bertz CT molecular complexity index is 454. The molecule has 4 N–H and O–H groups in total. The Morgan fingerprint density at radius 3 is 2.56 bits per heavy atom. The van der Waals surface area contributed by atoms with Gasteiger partial charge in [-0.3, -0.25) is 14.9 Å². The first-order valence-electron chi connectivity index (χ1n) is 4.68. The molecule has 0 bridgehead atoms. The highest BCUT2D eigenvalue weighted by atomic mass is 16.4. The van der Waals surface area contributed by atoms with E-state index in [1.165, 1.54) is 7.05 Å². The second kappa shape index (κ2) is 5.56. The monoisotopic (exact) mass is 257 g/mol. The summed E-state index contributed by atoms with van der Waals surface area (Å²) >= 11 is 0. The molecule has 0 unspecified atom stereocenters. The predicted molar refractivity (Wildman–Crippen MR) is 56.2 cm³/mol. The normalized spacial score (nSPS) is 9.83. The van der Waals surface area contributed by atoms with Gasteiger partial charge in [0.15, 0.2) is 0 Å². The Morgan fingerprint density at radius 1 is 1.44 bits per heavy atom. The SMILES string of the molecule is Cn1nnc(NC(=O)N(CC(N)=O)CC(=O)O)n1. The van der Waals surface area contributed by atoms with Gasteiger partial charge in [0, 0.05) is 0 Å². The number of primary amides is 1. The summed E-state index contributed by atoms with van der Waals surface area (Å²) < 4.78 is 0. The molecular formula is C7H11N7O4. The van der Waals surface area contributed by atoms with E-state index in [0.29, 0.717) is 4.90 Å². The Labute approximate surface area is 101 Å². The molecule has 11 heteroatoms. The van der Waals surface area contributed by atoms with E-state index in [0.717, 1.165) is 4.80 Å². The molecular weight excluding hydrogens is 246 g/mol. The molecule has 11 nitrogen and oxygen atoms in total. The number of nitrogens with two attached hydrogens (primary N) is 1. The summed E-state index contributed by atoms with van der Waals surface area (Å²) in [6, 6.07) is -0.857. The van der Waals surface area contributed by atoms with Gasteiger partial charge in [-0.2, -0.15) is 4.80 Å². The van der Waals surface area contributed by atoms with Crippen LogP contribution < -0.4 is 11.1 Å². The van der Waals surface area contributed by atoms with Crippen LogP contribution in [0.2, 0.25) is 0 Å². The van der Waals surface area contributed by atoms with Crippen molar-refractivity contribution in [1.82, 2.24) is 25.1 Å². The molecule has 0 aliphatic rings. The van der Waals surface area contributed by atoms with Crippen molar-refractivity contribution in [1.29, 1.82) is 0 Å². The van der Waals surface area contributed by atoms with Gasteiger partial charge in [-0.15, -0.1) is 5.10 Å². The number of anilines is 1. The number of urea groups is 1. The van der Waals surface area contributed by atoms with Gasteiger partial charge in [-0.25, -0.2) is 4.79 Å². The van der Waals surface area contributed by atoms with Crippen LogP contribution in [0.5, 0.6) is 0 Å². The van der Waals surface area contributed by atoms with E-state index < -0.39 is 31.0 Å². The number of carbonyl (C=O) groups excluding carboxylic acids is 2. The van der Waals surface area contributed by atoms with E-state index in [9.17, 15) is 14.4 Å². The van der Waals surface area contributed by atoms with Crippen LogP contribution in [0.1, 0.15) is 0 Å². The lowest BCUT2D eigenvalue weighted by atomic mass is 10.4. The maximum Gasteiger partial charge on any atom is 0.325 e. The molecule has 0 atom stereocenters. The van der Waals surface area contributed by atoms with Crippen molar-refractivity contribution in [3.63, 3.8) is 0 Å². The number of rotatable bonds is 5. The number of carboxylic acids is 1. The van der Waals surface area contributed by atoms with Crippen LogP contribution in [0.3, 0.4) is 0 Å². The number of carboxylic acid groups (broad SMARTS) is 1. The Kier molecular flexibility index (Phi) is 4.12. The lowest BCUT2D eigenvalue weighted by molar-refractivity contribution is -0.137. The average Bonchev–Trinajstić information content (AvgIpc) is 2.61. The van der Waals surface area contributed by atoms with Gasteiger partial charge in [0.05, 0.1) is 7.05 Å². The van der Waals surface area contributed by atoms with Gasteiger partial charge in [0.25, 0.3) is 5.95 Å². The van der Waals surface area contributed by atoms with Crippen LogP contribution in [0, 0.1) is 0 Å². The van der Waals surface area contributed by atoms with Crippen molar-refractivity contribution in [3.8, 4) is 0 Å². The minimum Gasteiger partial charge on any atom is -0.480 e. The fourth-order valence-corrected chi connectivity index (χ4v) is 1.06. The smallest absolute Gasteiger partial charge is 0.325 e. The molecule has 0 aliphatic heterocycles. The fourth-order valence-electron chi connectivity index (χ4n) is 1.06. The van der Waals surface area contributed by atoms with E-state index >= 15 is 0 Å². The molecule has 0 saturated carbocycles. The molecule has 0 radical (unpaired) electrons. The largest absolute Gasteiger partial charge is 0.480 e. The van der Waals surface area contributed by atoms with Crippen molar-refractivity contribution in [3.05, 3.63) is 0 Å². The summed E-state index contributed by atoms with van der Waals surface area (Å²) in [5.41, 5.74) is 4.90. The van der Waals surface area contributed by atoms with Crippen molar-refractivity contribution in [2.45, 2.75) is 0 Å². The van der Waals surface area contributed by atoms with Gasteiger partial charge in [-0.1, -0.05) is 5.10 Å². The first kappa shape index (κ1) is 13.3. The first-order valence-corrected chi connectivity index (χ1v) is 4.68. The zero-order chi connectivity index (χ0) is 13.7. The number of tetrazole rings is 1. The number of aromatic nitrogens is 4. The van der Waals surface area contributed by atoms with E-state index in [1.807, 2.05) is 0 Å². The Morgan fingerprint density at radius 2 is 2.11 bits per heavy atom. The topological polar surface area (TPSA) is 156 Å². The number of carbonyl (C=O) groups is 3. The van der Waals surface area contributed by atoms with E-state index in [2.05, 4.69) is 20.7 Å². The van der Waals surface area contributed by atoms with E-state index in [-0.39, 0.29) is 5.95 Å². The highest BCUT2D eigenvalue weighted by Gasteiger charge is 2.20. The standard InChI is InChI=1S/C7H11N7O4/c1-13-11-6(10-12-13)9-7(18)14(2-4(8)15)3-5(16)17/h2-3H2,1H3,(H2,8,15)(H,16,17)(H,9,11,18). The number of hydrogen-bond donors (Lipinski definition) is 3. The molecule has 1 rings (SSSR count). The molecule has 1 heterocycles. The highest BCUT2D eigenvalue weighted by Crippen LogP contribution is 1.97. The molecule has 1 aromatic heterocycles.